The first-order chi connectivity index (χ1) is 7.11. The summed E-state index contributed by atoms with van der Waals surface area (Å²) in [6, 6.07) is 6.73. The standard InChI is InChI=1S/C14H19N/c1-9(2)11-5-6-12(10(3)4)14-13(11)7-8-15-14/h5-10,15H,1-4H3. The quantitative estimate of drug-likeness (QED) is 0.740. The fraction of sp³-hybridized carbons (Fsp3) is 0.429. The van der Waals surface area contributed by atoms with Gasteiger partial charge in [-0.15, -0.1) is 0 Å². The molecule has 0 amide bonds. The van der Waals surface area contributed by atoms with Crippen LogP contribution in [0.1, 0.15) is 50.7 Å². The highest BCUT2D eigenvalue weighted by molar-refractivity contribution is 5.86. The molecule has 1 heterocycles. The van der Waals surface area contributed by atoms with E-state index >= 15 is 0 Å². The molecule has 0 bridgehead atoms. The molecule has 1 nitrogen and oxygen atoms in total. The number of nitrogens with one attached hydrogen (secondary N) is 1. The average Bonchev–Trinajstić information content (AvgIpc) is 2.63. The van der Waals surface area contributed by atoms with E-state index in [0.717, 1.165) is 0 Å². The highest BCUT2D eigenvalue weighted by atomic mass is 14.7. The second kappa shape index (κ2) is 3.73. The molecular formula is C14H19N. The monoisotopic (exact) mass is 201 g/mol. The van der Waals surface area contributed by atoms with E-state index in [-0.39, 0.29) is 0 Å². The Hall–Kier alpha value is -1.24. The van der Waals surface area contributed by atoms with E-state index in [0.29, 0.717) is 11.8 Å². The van der Waals surface area contributed by atoms with Gasteiger partial charge < -0.3 is 4.98 Å². The third-order valence-electron chi connectivity index (χ3n) is 3.03. The third-order valence-corrected chi connectivity index (χ3v) is 3.03. The lowest BCUT2D eigenvalue weighted by Crippen LogP contribution is -1.94. The summed E-state index contributed by atoms with van der Waals surface area (Å²) in [4.78, 5) is 3.36. The van der Waals surface area contributed by atoms with Gasteiger partial charge in [0.2, 0.25) is 0 Å². The largest absolute Gasteiger partial charge is 0.361 e. The van der Waals surface area contributed by atoms with E-state index in [2.05, 4.69) is 50.9 Å². The maximum absolute atomic E-state index is 3.36. The zero-order valence-electron chi connectivity index (χ0n) is 9.96. The highest BCUT2D eigenvalue weighted by Gasteiger charge is 2.11. The number of hydrogen-bond acceptors (Lipinski definition) is 0. The number of fused-ring (bicyclic) bond motifs is 1. The molecule has 0 aliphatic rings. The van der Waals surface area contributed by atoms with E-state index in [4.69, 9.17) is 0 Å². The second-order valence-electron chi connectivity index (χ2n) is 4.82. The number of benzene rings is 1. The van der Waals surface area contributed by atoms with Crippen LogP contribution in [-0.2, 0) is 0 Å². The minimum atomic E-state index is 0.576. The normalized spacial score (nSPS) is 11.9. The first-order valence-electron chi connectivity index (χ1n) is 5.71. The Bertz CT molecular complexity index is 421. The van der Waals surface area contributed by atoms with E-state index in [1.807, 2.05) is 6.20 Å². The molecule has 0 saturated carbocycles. The molecule has 0 unspecified atom stereocenters. The van der Waals surface area contributed by atoms with Crippen LogP contribution >= 0.6 is 0 Å². The molecule has 0 aliphatic carbocycles. The van der Waals surface area contributed by atoms with Crippen LogP contribution in [0.5, 0.6) is 0 Å². The predicted molar refractivity (Wildman–Crippen MR) is 66.5 cm³/mol. The summed E-state index contributed by atoms with van der Waals surface area (Å²) >= 11 is 0. The number of H-pyrrole nitrogens is 1. The van der Waals surface area contributed by atoms with Gasteiger partial charge >= 0.3 is 0 Å². The maximum atomic E-state index is 3.36. The minimum Gasteiger partial charge on any atom is -0.361 e. The zero-order valence-corrected chi connectivity index (χ0v) is 9.96. The third kappa shape index (κ3) is 1.67. The predicted octanol–water partition coefficient (Wildman–Crippen LogP) is 4.41. The Morgan fingerprint density at radius 1 is 0.867 bits per heavy atom. The van der Waals surface area contributed by atoms with Crippen LogP contribution in [-0.4, -0.2) is 4.98 Å². The van der Waals surface area contributed by atoms with Crippen molar-refractivity contribution in [3.8, 4) is 0 Å². The second-order valence-corrected chi connectivity index (χ2v) is 4.82. The summed E-state index contributed by atoms with van der Waals surface area (Å²) in [5, 5.41) is 1.39. The number of aromatic nitrogens is 1. The van der Waals surface area contributed by atoms with Crippen LogP contribution in [0.25, 0.3) is 10.9 Å². The summed E-state index contributed by atoms with van der Waals surface area (Å²) < 4.78 is 0. The van der Waals surface area contributed by atoms with Crippen molar-refractivity contribution in [2.75, 3.05) is 0 Å². The Kier molecular flexibility index (Phi) is 2.56. The van der Waals surface area contributed by atoms with Gasteiger partial charge in [0.1, 0.15) is 0 Å². The summed E-state index contributed by atoms with van der Waals surface area (Å²) in [6.07, 6.45) is 2.04. The Morgan fingerprint density at radius 2 is 1.47 bits per heavy atom. The topological polar surface area (TPSA) is 15.8 Å². The average molecular weight is 201 g/mol. The van der Waals surface area contributed by atoms with Gasteiger partial charge in [0, 0.05) is 17.1 Å². The van der Waals surface area contributed by atoms with Crippen molar-refractivity contribution in [2.45, 2.75) is 39.5 Å². The van der Waals surface area contributed by atoms with Gasteiger partial charge in [-0.25, -0.2) is 0 Å². The van der Waals surface area contributed by atoms with Crippen molar-refractivity contribution in [2.24, 2.45) is 0 Å². The van der Waals surface area contributed by atoms with E-state index in [1.54, 1.807) is 0 Å². The molecule has 0 radical (unpaired) electrons. The number of aromatic amines is 1. The molecule has 15 heavy (non-hydrogen) atoms. The van der Waals surface area contributed by atoms with Crippen LogP contribution in [0.2, 0.25) is 0 Å². The lowest BCUT2D eigenvalue weighted by molar-refractivity contribution is 0.858. The van der Waals surface area contributed by atoms with Crippen LogP contribution in [0.4, 0.5) is 0 Å². The maximum Gasteiger partial charge on any atom is 0.0491 e. The molecule has 2 rings (SSSR count). The van der Waals surface area contributed by atoms with Crippen molar-refractivity contribution < 1.29 is 0 Å². The lowest BCUT2D eigenvalue weighted by Gasteiger charge is -2.12. The number of rotatable bonds is 2. The van der Waals surface area contributed by atoms with Crippen LogP contribution in [0.3, 0.4) is 0 Å². The molecule has 0 saturated heterocycles. The molecular weight excluding hydrogens is 182 g/mol. The van der Waals surface area contributed by atoms with Crippen molar-refractivity contribution in [1.82, 2.24) is 4.98 Å². The van der Waals surface area contributed by atoms with E-state index in [1.165, 1.54) is 22.0 Å². The van der Waals surface area contributed by atoms with Crippen LogP contribution in [0, 0.1) is 0 Å². The molecule has 1 N–H and O–H groups in total. The van der Waals surface area contributed by atoms with Gasteiger partial charge in [-0.05, 0) is 29.0 Å². The molecule has 80 valence electrons. The summed E-state index contributed by atoms with van der Waals surface area (Å²) in [5.41, 5.74) is 4.17. The summed E-state index contributed by atoms with van der Waals surface area (Å²) in [7, 11) is 0. The van der Waals surface area contributed by atoms with Crippen molar-refractivity contribution in [3.05, 3.63) is 35.5 Å². The van der Waals surface area contributed by atoms with Crippen LogP contribution < -0.4 is 0 Å². The lowest BCUT2D eigenvalue weighted by atomic mass is 9.93. The molecule has 0 aliphatic heterocycles. The smallest absolute Gasteiger partial charge is 0.0491 e. The van der Waals surface area contributed by atoms with Crippen molar-refractivity contribution in [1.29, 1.82) is 0 Å². The van der Waals surface area contributed by atoms with Gasteiger partial charge in [0.25, 0.3) is 0 Å². The summed E-state index contributed by atoms with van der Waals surface area (Å²) in [6.45, 7) is 8.98. The van der Waals surface area contributed by atoms with Gasteiger partial charge in [-0.1, -0.05) is 39.8 Å². The molecule has 1 aromatic carbocycles. The molecule has 1 heteroatoms. The molecule has 0 spiro atoms. The Morgan fingerprint density at radius 3 is 2.07 bits per heavy atom. The van der Waals surface area contributed by atoms with Crippen molar-refractivity contribution >= 4 is 10.9 Å². The van der Waals surface area contributed by atoms with Gasteiger partial charge in [0.15, 0.2) is 0 Å². The summed E-state index contributed by atoms with van der Waals surface area (Å²) in [5.74, 6) is 1.16. The first kappa shape index (κ1) is 10.3. The molecule has 2 aromatic rings. The molecule has 0 fully saturated rings. The van der Waals surface area contributed by atoms with Crippen LogP contribution in [0.15, 0.2) is 24.4 Å². The molecule has 0 atom stereocenters. The minimum absolute atomic E-state index is 0.576. The Labute approximate surface area is 91.5 Å². The van der Waals surface area contributed by atoms with Gasteiger partial charge in [0.05, 0.1) is 0 Å². The highest BCUT2D eigenvalue weighted by Crippen LogP contribution is 2.30. The molecule has 1 aromatic heterocycles. The van der Waals surface area contributed by atoms with E-state index < -0.39 is 0 Å². The van der Waals surface area contributed by atoms with E-state index in [9.17, 15) is 0 Å². The fourth-order valence-corrected chi connectivity index (χ4v) is 2.19. The zero-order chi connectivity index (χ0) is 11.0. The SMILES string of the molecule is CC(C)c1ccc(C(C)C)c2[nH]ccc12. The van der Waals surface area contributed by atoms with Crippen molar-refractivity contribution in [3.63, 3.8) is 0 Å². The fourth-order valence-electron chi connectivity index (χ4n) is 2.19. The number of hydrogen-bond donors (Lipinski definition) is 1. The first-order valence-corrected chi connectivity index (χ1v) is 5.71. The van der Waals surface area contributed by atoms with Gasteiger partial charge in [-0.3, -0.25) is 0 Å². The Balaban J connectivity index is 2.71. The van der Waals surface area contributed by atoms with Gasteiger partial charge in [-0.2, -0.15) is 0 Å².